The monoisotopic (exact) mass is 125 g/mol. The summed E-state index contributed by atoms with van der Waals surface area (Å²) >= 11 is 0. The van der Waals surface area contributed by atoms with Crippen LogP contribution in [0.3, 0.4) is 0 Å². The largest absolute Gasteiger partial charge is 0.326 e. The molecule has 0 bridgehead atoms. The standard InChI is InChI=1S/C2H8NO3P/c1-2(3)6-7(4)5/h2,7H,3H2,1H3,(H,4,5). The van der Waals surface area contributed by atoms with Gasteiger partial charge in [-0.3, -0.25) is 9.09 Å². The van der Waals surface area contributed by atoms with Gasteiger partial charge >= 0.3 is 8.25 Å². The van der Waals surface area contributed by atoms with Crippen LogP contribution in [0.25, 0.3) is 0 Å². The van der Waals surface area contributed by atoms with Gasteiger partial charge in [0.25, 0.3) is 0 Å². The van der Waals surface area contributed by atoms with Crippen molar-refractivity contribution in [1.29, 1.82) is 0 Å². The molecule has 0 aliphatic carbocycles. The first-order chi connectivity index (χ1) is 3.13. The molecule has 0 saturated carbocycles. The van der Waals surface area contributed by atoms with E-state index in [0.717, 1.165) is 0 Å². The maximum atomic E-state index is 9.69. The van der Waals surface area contributed by atoms with Crippen LogP contribution in [0.4, 0.5) is 0 Å². The third-order valence-corrected chi connectivity index (χ3v) is 0.860. The molecule has 0 aromatic heterocycles. The Labute approximate surface area is 42.2 Å². The molecular weight excluding hydrogens is 117 g/mol. The van der Waals surface area contributed by atoms with Gasteiger partial charge in [-0.2, -0.15) is 0 Å². The maximum absolute atomic E-state index is 9.69. The third kappa shape index (κ3) is 6.11. The van der Waals surface area contributed by atoms with Gasteiger partial charge in [-0.25, -0.2) is 0 Å². The first-order valence-electron chi connectivity index (χ1n) is 1.78. The van der Waals surface area contributed by atoms with Crippen LogP contribution in [0, 0.1) is 0 Å². The second-order valence-corrected chi connectivity index (χ2v) is 1.86. The fourth-order valence-electron chi connectivity index (χ4n) is 0.159. The molecule has 3 N–H and O–H groups in total. The summed E-state index contributed by atoms with van der Waals surface area (Å²) in [5.41, 5.74) is 4.94. The lowest BCUT2D eigenvalue weighted by molar-refractivity contribution is 0.212. The molecule has 0 heterocycles. The van der Waals surface area contributed by atoms with Crippen molar-refractivity contribution >= 4 is 8.25 Å². The van der Waals surface area contributed by atoms with Crippen molar-refractivity contribution < 1.29 is 14.0 Å². The van der Waals surface area contributed by atoms with E-state index in [1.54, 1.807) is 0 Å². The first kappa shape index (κ1) is 7.11. The van der Waals surface area contributed by atoms with E-state index in [1.165, 1.54) is 6.92 Å². The molecule has 0 saturated heterocycles. The second kappa shape index (κ2) is 3.16. The Kier molecular flexibility index (Phi) is 3.21. The molecule has 0 aliphatic rings. The van der Waals surface area contributed by atoms with E-state index in [2.05, 4.69) is 4.52 Å². The smallest absolute Gasteiger partial charge is 0.318 e. The van der Waals surface area contributed by atoms with E-state index in [9.17, 15) is 4.57 Å². The summed E-state index contributed by atoms with van der Waals surface area (Å²) in [6.07, 6.45) is -0.642. The summed E-state index contributed by atoms with van der Waals surface area (Å²) in [5, 5.41) is 0. The fourth-order valence-corrected chi connectivity index (χ4v) is 0.477. The van der Waals surface area contributed by atoms with Gasteiger partial charge in [0, 0.05) is 0 Å². The maximum Gasteiger partial charge on any atom is 0.318 e. The van der Waals surface area contributed by atoms with E-state index in [1.807, 2.05) is 0 Å². The molecule has 2 unspecified atom stereocenters. The Morgan fingerprint density at radius 2 is 2.43 bits per heavy atom. The van der Waals surface area contributed by atoms with Crippen LogP contribution in [-0.2, 0) is 9.09 Å². The van der Waals surface area contributed by atoms with E-state index >= 15 is 0 Å². The zero-order valence-electron chi connectivity index (χ0n) is 3.92. The molecule has 0 radical (unpaired) electrons. The van der Waals surface area contributed by atoms with Gasteiger partial charge in [0.15, 0.2) is 0 Å². The van der Waals surface area contributed by atoms with Crippen LogP contribution in [0.15, 0.2) is 0 Å². The lowest BCUT2D eigenvalue weighted by Gasteiger charge is -1.99. The van der Waals surface area contributed by atoms with Crippen molar-refractivity contribution in [2.24, 2.45) is 5.73 Å². The minimum absolute atomic E-state index is 0.642. The van der Waals surface area contributed by atoms with Gasteiger partial charge < -0.3 is 10.6 Å². The van der Waals surface area contributed by atoms with Crippen molar-refractivity contribution in [2.75, 3.05) is 0 Å². The topological polar surface area (TPSA) is 72.5 Å². The summed E-state index contributed by atoms with van der Waals surface area (Å²) in [4.78, 5) is 7.97. The van der Waals surface area contributed by atoms with Gasteiger partial charge in [-0.05, 0) is 6.92 Å². The summed E-state index contributed by atoms with van der Waals surface area (Å²) in [5.74, 6) is 0. The van der Waals surface area contributed by atoms with E-state index in [0.29, 0.717) is 0 Å². The summed E-state index contributed by atoms with van der Waals surface area (Å²) in [6.45, 7) is 1.48. The lowest BCUT2D eigenvalue weighted by Crippen LogP contribution is -2.14. The fraction of sp³-hybridized carbons (Fsp3) is 1.00. The zero-order valence-corrected chi connectivity index (χ0v) is 4.92. The number of hydrogen-bond acceptors (Lipinski definition) is 3. The number of hydrogen-bond donors (Lipinski definition) is 2. The van der Waals surface area contributed by atoms with E-state index in [4.69, 9.17) is 10.6 Å². The Morgan fingerprint density at radius 1 is 2.00 bits per heavy atom. The third-order valence-electron chi connectivity index (χ3n) is 0.287. The molecular formula is C2H8NO3P. The predicted octanol–water partition coefficient (Wildman–Crippen LogP) is -0.310. The molecule has 44 valence electrons. The molecule has 4 nitrogen and oxygen atoms in total. The molecule has 0 spiro atoms. The average molecular weight is 125 g/mol. The van der Waals surface area contributed by atoms with Crippen LogP contribution in [0.1, 0.15) is 6.92 Å². The molecule has 7 heavy (non-hydrogen) atoms. The highest BCUT2D eigenvalue weighted by atomic mass is 31.1. The molecule has 0 aromatic rings. The van der Waals surface area contributed by atoms with Crippen molar-refractivity contribution in [1.82, 2.24) is 0 Å². The Bertz CT molecular complexity index is 73.3. The van der Waals surface area contributed by atoms with Crippen molar-refractivity contribution in [2.45, 2.75) is 13.2 Å². The van der Waals surface area contributed by atoms with Crippen LogP contribution in [0.2, 0.25) is 0 Å². The van der Waals surface area contributed by atoms with Gasteiger partial charge in [-0.1, -0.05) is 0 Å². The van der Waals surface area contributed by atoms with Crippen LogP contribution in [0.5, 0.6) is 0 Å². The van der Waals surface area contributed by atoms with Crippen LogP contribution >= 0.6 is 8.25 Å². The lowest BCUT2D eigenvalue weighted by atomic mass is 10.7. The van der Waals surface area contributed by atoms with Crippen molar-refractivity contribution in [3.05, 3.63) is 0 Å². The highest BCUT2D eigenvalue weighted by Gasteiger charge is 1.93. The SMILES string of the molecule is CC(N)O[PH](=O)O. The Hall–Kier alpha value is 0.110. The molecule has 0 rings (SSSR count). The predicted molar refractivity (Wildman–Crippen MR) is 26.0 cm³/mol. The van der Waals surface area contributed by atoms with Crippen molar-refractivity contribution in [3.8, 4) is 0 Å². The molecule has 2 atom stereocenters. The number of rotatable bonds is 2. The van der Waals surface area contributed by atoms with Gasteiger partial charge in [-0.15, -0.1) is 0 Å². The summed E-state index contributed by atoms with van der Waals surface area (Å²) in [6, 6.07) is 0. The van der Waals surface area contributed by atoms with Crippen molar-refractivity contribution in [3.63, 3.8) is 0 Å². The molecule has 0 aromatic carbocycles. The Balaban J connectivity index is 3.13. The quantitative estimate of drug-likeness (QED) is 0.392. The van der Waals surface area contributed by atoms with Gasteiger partial charge in [0.1, 0.15) is 6.23 Å². The molecule has 5 heteroatoms. The zero-order chi connectivity index (χ0) is 5.86. The molecule has 0 amide bonds. The van der Waals surface area contributed by atoms with Crippen LogP contribution in [-0.4, -0.2) is 11.1 Å². The average Bonchev–Trinajstić information content (AvgIpc) is 1.27. The van der Waals surface area contributed by atoms with E-state index < -0.39 is 14.5 Å². The van der Waals surface area contributed by atoms with Gasteiger partial charge in [0.05, 0.1) is 0 Å². The highest BCUT2D eigenvalue weighted by molar-refractivity contribution is 7.32. The number of nitrogens with two attached hydrogens (primary N) is 1. The minimum Gasteiger partial charge on any atom is -0.326 e. The van der Waals surface area contributed by atoms with Gasteiger partial charge in [0.2, 0.25) is 0 Å². The second-order valence-electron chi connectivity index (χ2n) is 1.09. The normalized spacial score (nSPS) is 18.7. The summed E-state index contributed by atoms with van der Waals surface area (Å²) in [7, 11) is -2.81. The Morgan fingerprint density at radius 3 is 2.43 bits per heavy atom. The molecule has 0 aliphatic heterocycles. The van der Waals surface area contributed by atoms with Crippen LogP contribution < -0.4 is 5.73 Å². The van der Waals surface area contributed by atoms with E-state index in [-0.39, 0.29) is 0 Å². The highest BCUT2D eigenvalue weighted by Crippen LogP contribution is 2.14. The first-order valence-corrected chi connectivity index (χ1v) is 3.04. The molecule has 0 fully saturated rings. The summed E-state index contributed by atoms with van der Waals surface area (Å²) < 4.78 is 13.8. The minimum atomic E-state index is -2.81.